The van der Waals surface area contributed by atoms with Gasteiger partial charge in [-0.05, 0) is 157 Å². The molecule has 0 spiro atoms. The lowest BCUT2D eigenvalue weighted by molar-refractivity contribution is 0.427. The van der Waals surface area contributed by atoms with E-state index >= 15 is 0 Å². The van der Waals surface area contributed by atoms with Crippen LogP contribution in [0.5, 0.6) is 34.5 Å². The summed E-state index contributed by atoms with van der Waals surface area (Å²) in [5.74, 6) is 2.91. The van der Waals surface area contributed by atoms with Crippen molar-refractivity contribution in [3.8, 4) is 34.5 Å². The molecule has 0 aromatic heterocycles. The molecule has 0 aliphatic heterocycles. The largest absolute Gasteiger partial charge is 0.507 e. The first kappa shape index (κ1) is 81.5. The molecular weight excluding hydrogens is 1160 g/mol. The summed E-state index contributed by atoms with van der Waals surface area (Å²) in [7, 11) is 0. The number of rotatable bonds is 10. The van der Waals surface area contributed by atoms with E-state index in [-0.39, 0.29) is 66.0 Å². The van der Waals surface area contributed by atoms with Crippen molar-refractivity contribution in [1.82, 2.24) is 0 Å². The van der Waals surface area contributed by atoms with Gasteiger partial charge in [0.25, 0.3) is 0 Å². The Morgan fingerprint density at radius 3 is 0.621 bits per heavy atom. The third kappa shape index (κ3) is 20.6. The molecule has 6 heteroatoms. The molecule has 528 valence electrons. The van der Waals surface area contributed by atoms with Gasteiger partial charge in [-0.3, -0.25) is 0 Å². The monoisotopic (exact) mass is 1300 g/mol. The van der Waals surface area contributed by atoms with Crippen molar-refractivity contribution in [1.29, 1.82) is 0 Å². The summed E-state index contributed by atoms with van der Waals surface area (Å²) in [6.45, 7) is 78.0. The van der Waals surface area contributed by atoms with E-state index in [1.54, 1.807) is 0 Å². The lowest BCUT2D eigenvalue weighted by atomic mass is 9.74. The normalized spacial score (nSPS) is 13.4. The highest BCUT2D eigenvalue weighted by Gasteiger charge is 2.34. The first-order chi connectivity index (χ1) is 42.4. The van der Waals surface area contributed by atoms with Gasteiger partial charge >= 0.3 is 0 Å². The first-order valence-electron chi connectivity index (χ1n) is 35.6. The second-order valence-electron chi connectivity index (χ2n) is 39.5. The second-order valence-corrected chi connectivity index (χ2v) is 39.5. The Hall–Kier alpha value is -5.88. The molecule has 6 aromatic rings. The van der Waals surface area contributed by atoms with Gasteiger partial charge in [0.05, 0.1) is 0 Å². The van der Waals surface area contributed by atoms with E-state index in [2.05, 4.69) is 322 Å². The van der Waals surface area contributed by atoms with Crippen LogP contribution in [0.25, 0.3) is 0 Å². The molecule has 0 saturated heterocycles. The number of aromatic hydroxyl groups is 6. The SMILES string of the molecule is CC(C)(C)c1cc(Cc2cc(C(C)(C)C)cc(C(C)(C)C)c2O)c(O)c(C(C)(C)C)c1.CC(C)Cc1cc(C(C)c2cc(CC(C)C)cc(C(C)(C)C)c2O)c(O)c(C(C)(C)C)c1.CC(c1cc(C(C)(C)C)cc(C(C)(C)C)c1O)c1cc(C(C)(C)C)cc(C(C)(C)C)c1O. The van der Waals surface area contributed by atoms with Crippen LogP contribution in [0.3, 0.4) is 0 Å². The smallest absolute Gasteiger partial charge is 0.123 e. The molecule has 0 radical (unpaired) electrons. The molecule has 6 nitrogen and oxygen atoms in total. The van der Waals surface area contributed by atoms with Gasteiger partial charge in [0.15, 0.2) is 0 Å². The lowest BCUT2D eigenvalue weighted by Gasteiger charge is -2.31. The highest BCUT2D eigenvalue weighted by molar-refractivity contribution is 5.60. The van der Waals surface area contributed by atoms with Crippen LogP contribution < -0.4 is 0 Å². The summed E-state index contributed by atoms with van der Waals surface area (Å²) in [4.78, 5) is 0. The van der Waals surface area contributed by atoms with Gasteiger partial charge < -0.3 is 30.6 Å². The molecule has 95 heavy (non-hydrogen) atoms. The Morgan fingerprint density at radius 1 is 0.232 bits per heavy atom. The van der Waals surface area contributed by atoms with E-state index in [0.29, 0.717) is 52.8 Å². The maximum absolute atomic E-state index is 11.4. The molecule has 0 aliphatic rings. The van der Waals surface area contributed by atoms with Crippen molar-refractivity contribution in [3.05, 3.63) is 173 Å². The Bertz CT molecular complexity index is 3400. The number of phenolic OH excluding ortho intramolecular Hbond substituents is 6. The summed E-state index contributed by atoms with van der Waals surface area (Å²) in [6.07, 6.45) is 2.43. The van der Waals surface area contributed by atoms with Gasteiger partial charge in [-0.15, -0.1) is 0 Å². The summed E-state index contributed by atoms with van der Waals surface area (Å²) < 4.78 is 0. The van der Waals surface area contributed by atoms with Gasteiger partial charge in [-0.1, -0.05) is 322 Å². The van der Waals surface area contributed by atoms with Crippen LogP contribution in [-0.4, -0.2) is 30.6 Å². The molecule has 6 aromatic carbocycles. The summed E-state index contributed by atoms with van der Waals surface area (Å²) in [6, 6.07) is 25.7. The van der Waals surface area contributed by atoms with Gasteiger partial charge in [-0.25, -0.2) is 0 Å². The number of hydrogen-bond donors (Lipinski definition) is 6. The zero-order valence-electron chi connectivity index (χ0n) is 67.0. The van der Waals surface area contributed by atoms with Crippen molar-refractivity contribution in [2.45, 2.75) is 335 Å². The van der Waals surface area contributed by atoms with E-state index in [9.17, 15) is 30.6 Å². The van der Waals surface area contributed by atoms with Crippen LogP contribution in [0.4, 0.5) is 0 Å². The average molecular weight is 1300 g/mol. The van der Waals surface area contributed by atoms with Crippen LogP contribution in [0.2, 0.25) is 0 Å². The average Bonchev–Trinajstić information content (AvgIpc) is 0.775. The van der Waals surface area contributed by atoms with Crippen molar-refractivity contribution < 1.29 is 30.6 Å². The van der Waals surface area contributed by atoms with Crippen LogP contribution in [0, 0.1) is 11.8 Å². The fraction of sp³-hybridized carbons (Fsp3) is 0.596. The standard InChI is InChI=1S/2C30H46O2.C29H44O2/c1-18(21-14-19(27(2,3)4)16-23(25(21)31)29(8,9)10)22-15-20(28(5,6)7)17-24(26(22)32)30(11,12)13;1-18(2)12-21-14-23(27(31)25(16-21)29(6,7)8)20(5)24-15-22(13-19(3)4)17-26(28(24)32)30(9,10)11;1-26(2,3)20-14-18(24(30)22(16-20)28(7,8)9)13-19-15-21(27(4,5)6)17-23(25(19)31)29(10,11)12/h14-18,31-32H,1-13H3;14-20,31-32H,12-13H2,1-11H3;14-17,30-31H,13H2,1-12H3. The molecule has 6 rings (SSSR count). The minimum Gasteiger partial charge on any atom is -0.507 e. The van der Waals surface area contributed by atoms with E-state index < -0.39 is 0 Å². The van der Waals surface area contributed by atoms with Crippen LogP contribution >= 0.6 is 0 Å². The molecular formula is C89H136O6. The highest BCUT2D eigenvalue weighted by atomic mass is 16.3. The van der Waals surface area contributed by atoms with Gasteiger partial charge in [0.2, 0.25) is 0 Å². The Kier molecular flexibility index (Phi) is 24.5. The minimum absolute atomic E-state index is 0.0334. The van der Waals surface area contributed by atoms with E-state index in [1.807, 2.05) is 0 Å². The minimum atomic E-state index is -0.189. The maximum atomic E-state index is 11.4. The molecule has 0 heterocycles. The third-order valence-electron chi connectivity index (χ3n) is 18.9. The Labute approximate surface area is 581 Å². The number of benzene rings is 6. The Balaban J connectivity index is 0.000000303. The number of hydrogen-bond acceptors (Lipinski definition) is 6. The van der Waals surface area contributed by atoms with E-state index in [0.717, 1.165) is 79.6 Å². The molecule has 0 atom stereocenters. The van der Waals surface area contributed by atoms with Crippen molar-refractivity contribution in [2.75, 3.05) is 0 Å². The quantitative estimate of drug-likeness (QED) is 0.0813. The van der Waals surface area contributed by atoms with Crippen LogP contribution in [0.1, 0.15) is 361 Å². The predicted molar refractivity (Wildman–Crippen MR) is 411 cm³/mol. The van der Waals surface area contributed by atoms with Crippen molar-refractivity contribution in [2.24, 2.45) is 11.8 Å². The van der Waals surface area contributed by atoms with Crippen LogP contribution in [0.15, 0.2) is 72.8 Å². The lowest BCUT2D eigenvalue weighted by Crippen LogP contribution is -2.19. The zero-order chi connectivity index (χ0) is 73.8. The van der Waals surface area contributed by atoms with Gasteiger partial charge in [0, 0.05) is 40.5 Å². The predicted octanol–water partition coefficient (Wildman–Crippen LogP) is 24.6. The summed E-state index contributed by atoms with van der Waals surface area (Å²) >= 11 is 0. The fourth-order valence-corrected chi connectivity index (χ4v) is 12.6. The molecule has 0 amide bonds. The molecule has 6 N–H and O–H groups in total. The molecule has 0 aliphatic carbocycles. The first-order valence-corrected chi connectivity index (χ1v) is 35.6. The Morgan fingerprint density at radius 2 is 0.421 bits per heavy atom. The second kappa shape index (κ2) is 28.5. The third-order valence-corrected chi connectivity index (χ3v) is 18.9. The molecule has 0 unspecified atom stereocenters. The van der Waals surface area contributed by atoms with E-state index in [1.165, 1.54) is 33.4 Å². The molecule has 0 bridgehead atoms. The maximum Gasteiger partial charge on any atom is 0.123 e. The summed E-state index contributed by atoms with van der Waals surface area (Å²) in [5.41, 5.74) is 17.2. The number of phenols is 6. The highest BCUT2D eigenvalue weighted by Crippen LogP contribution is 2.50. The van der Waals surface area contributed by atoms with Crippen molar-refractivity contribution >= 4 is 0 Å². The van der Waals surface area contributed by atoms with Gasteiger partial charge in [-0.2, -0.15) is 0 Å². The molecule has 0 fully saturated rings. The topological polar surface area (TPSA) is 121 Å². The fourth-order valence-electron chi connectivity index (χ4n) is 12.6. The van der Waals surface area contributed by atoms with E-state index in [4.69, 9.17) is 0 Å². The zero-order valence-corrected chi connectivity index (χ0v) is 67.0. The van der Waals surface area contributed by atoms with Gasteiger partial charge in [0.1, 0.15) is 34.5 Å². The van der Waals surface area contributed by atoms with Crippen molar-refractivity contribution in [3.63, 3.8) is 0 Å². The van der Waals surface area contributed by atoms with Crippen LogP contribution in [-0.2, 0) is 73.4 Å². The summed E-state index contributed by atoms with van der Waals surface area (Å²) in [5, 5.41) is 68.1. The molecule has 0 saturated carbocycles.